The summed E-state index contributed by atoms with van der Waals surface area (Å²) in [6.07, 6.45) is 3.77. The number of hydrogen-bond acceptors (Lipinski definition) is 4. The third-order valence-electron chi connectivity index (χ3n) is 2.96. The van der Waals surface area contributed by atoms with E-state index in [1.54, 1.807) is 4.90 Å². The van der Waals surface area contributed by atoms with E-state index in [1.807, 2.05) is 6.92 Å². The average molecular weight is 252 g/mol. The summed E-state index contributed by atoms with van der Waals surface area (Å²) in [5.41, 5.74) is 0.395. The highest BCUT2D eigenvalue weighted by Gasteiger charge is 2.20. The van der Waals surface area contributed by atoms with E-state index < -0.39 is 5.82 Å². The van der Waals surface area contributed by atoms with Crippen molar-refractivity contribution in [2.24, 2.45) is 0 Å². The van der Waals surface area contributed by atoms with Crippen molar-refractivity contribution < 1.29 is 9.18 Å². The van der Waals surface area contributed by atoms with E-state index in [2.05, 4.69) is 15.3 Å². The third kappa shape index (κ3) is 2.75. The Morgan fingerprint density at radius 3 is 2.89 bits per heavy atom. The van der Waals surface area contributed by atoms with E-state index in [0.29, 0.717) is 12.1 Å². The SMILES string of the molecule is CCCc1ncnc(NCC(=O)N2CCC2)c1F. The van der Waals surface area contributed by atoms with Gasteiger partial charge in [-0.25, -0.2) is 14.4 Å². The van der Waals surface area contributed by atoms with Crippen molar-refractivity contribution in [3.63, 3.8) is 0 Å². The van der Waals surface area contributed by atoms with Crippen LogP contribution in [0.2, 0.25) is 0 Å². The first-order valence-corrected chi connectivity index (χ1v) is 6.23. The molecule has 1 saturated heterocycles. The first kappa shape index (κ1) is 12.7. The van der Waals surface area contributed by atoms with E-state index in [-0.39, 0.29) is 18.3 Å². The zero-order chi connectivity index (χ0) is 13.0. The van der Waals surface area contributed by atoms with Crippen molar-refractivity contribution in [3.05, 3.63) is 17.8 Å². The fourth-order valence-electron chi connectivity index (χ4n) is 1.78. The highest BCUT2D eigenvalue weighted by molar-refractivity contribution is 5.81. The zero-order valence-corrected chi connectivity index (χ0v) is 10.4. The van der Waals surface area contributed by atoms with Gasteiger partial charge in [-0.15, -0.1) is 0 Å². The Morgan fingerprint density at radius 2 is 2.28 bits per heavy atom. The molecule has 0 aromatic carbocycles. The topological polar surface area (TPSA) is 58.1 Å². The Hall–Kier alpha value is -1.72. The third-order valence-corrected chi connectivity index (χ3v) is 2.96. The van der Waals surface area contributed by atoms with Crippen LogP contribution in [0, 0.1) is 5.82 Å². The number of nitrogens with one attached hydrogen (secondary N) is 1. The van der Waals surface area contributed by atoms with Crippen LogP contribution in [0.15, 0.2) is 6.33 Å². The van der Waals surface area contributed by atoms with Crippen LogP contribution in [0.5, 0.6) is 0 Å². The van der Waals surface area contributed by atoms with Gasteiger partial charge in [-0.1, -0.05) is 13.3 Å². The Kier molecular flexibility index (Phi) is 4.07. The van der Waals surface area contributed by atoms with Crippen molar-refractivity contribution in [3.8, 4) is 0 Å². The fraction of sp³-hybridized carbons (Fsp3) is 0.583. The summed E-state index contributed by atoms with van der Waals surface area (Å²) in [4.78, 5) is 21.1. The summed E-state index contributed by atoms with van der Waals surface area (Å²) in [5, 5.41) is 2.74. The van der Waals surface area contributed by atoms with Crippen LogP contribution in [0.3, 0.4) is 0 Å². The molecule has 1 aromatic rings. The molecule has 1 amide bonds. The lowest BCUT2D eigenvalue weighted by Crippen LogP contribution is -2.44. The molecule has 1 fully saturated rings. The molecule has 0 aliphatic carbocycles. The second-order valence-electron chi connectivity index (χ2n) is 4.32. The first-order valence-electron chi connectivity index (χ1n) is 6.23. The highest BCUT2D eigenvalue weighted by atomic mass is 19.1. The summed E-state index contributed by atoms with van der Waals surface area (Å²) >= 11 is 0. The molecule has 0 radical (unpaired) electrons. The van der Waals surface area contributed by atoms with Crippen LogP contribution in [0.1, 0.15) is 25.5 Å². The van der Waals surface area contributed by atoms with Crippen LogP contribution < -0.4 is 5.32 Å². The van der Waals surface area contributed by atoms with Crippen LogP contribution in [0.25, 0.3) is 0 Å². The van der Waals surface area contributed by atoms with Gasteiger partial charge in [0.05, 0.1) is 12.2 Å². The molecule has 0 unspecified atom stereocenters. The molecule has 0 bridgehead atoms. The number of anilines is 1. The lowest BCUT2D eigenvalue weighted by atomic mass is 10.2. The number of aryl methyl sites for hydroxylation is 1. The van der Waals surface area contributed by atoms with Gasteiger partial charge >= 0.3 is 0 Å². The van der Waals surface area contributed by atoms with E-state index >= 15 is 0 Å². The fourth-order valence-corrected chi connectivity index (χ4v) is 1.78. The van der Waals surface area contributed by atoms with Gasteiger partial charge in [0.15, 0.2) is 11.6 Å². The average Bonchev–Trinajstić information content (AvgIpc) is 2.28. The number of likely N-dealkylation sites (tertiary alicyclic amines) is 1. The predicted octanol–water partition coefficient (Wildman–Crippen LogP) is 1.21. The van der Waals surface area contributed by atoms with E-state index in [1.165, 1.54) is 6.33 Å². The van der Waals surface area contributed by atoms with Crippen molar-refractivity contribution in [2.75, 3.05) is 25.0 Å². The molecule has 1 aromatic heterocycles. The molecule has 6 heteroatoms. The van der Waals surface area contributed by atoms with E-state index in [0.717, 1.165) is 25.9 Å². The summed E-state index contributed by atoms with van der Waals surface area (Å²) in [7, 11) is 0. The smallest absolute Gasteiger partial charge is 0.241 e. The number of halogens is 1. The maximum atomic E-state index is 13.9. The standard InChI is InChI=1S/C12H17FN4O/c1-2-4-9-11(13)12(16-8-15-9)14-7-10(18)17-5-3-6-17/h8H,2-7H2,1H3,(H,14,15,16). The Morgan fingerprint density at radius 1 is 1.50 bits per heavy atom. The molecule has 0 saturated carbocycles. The molecule has 0 atom stereocenters. The Balaban J connectivity index is 1.95. The predicted molar refractivity (Wildman–Crippen MR) is 65.7 cm³/mol. The number of rotatable bonds is 5. The first-order chi connectivity index (χ1) is 8.72. The molecule has 1 aliphatic heterocycles. The van der Waals surface area contributed by atoms with Crippen LogP contribution in [0.4, 0.5) is 10.2 Å². The van der Waals surface area contributed by atoms with Crippen molar-refractivity contribution in [1.82, 2.24) is 14.9 Å². The van der Waals surface area contributed by atoms with E-state index in [4.69, 9.17) is 0 Å². The highest BCUT2D eigenvalue weighted by Crippen LogP contribution is 2.14. The number of carbonyl (C=O) groups excluding carboxylic acids is 1. The maximum absolute atomic E-state index is 13.9. The minimum atomic E-state index is -0.448. The molecule has 1 aliphatic rings. The summed E-state index contributed by atoms with van der Waals surface area (Å²) < 4.78 is 13.9. The van der Waals surface area contributed by atoms with Gasteiger partial charge in [0, 0.05) is 13.1 Å². The lowest BCUT2D eigenvalue weighted by molar-refractivity contribution is -0.132. The van der Waals surface area contributed by atoms with Crippen molar-refractivity contribution in [2.45, 2.75) is 26.2 Å². The van der Waals surface area contributed by atoms with Crippen LogP contribution >= 0.6 is 0 Å². The number of amides is 1. The largest absolute Gasteiger partial charge is 0.358 e. The minimum absolute atomic E-state index is 0.0173. The van der Waals surface area contributed by atoms with Gasteiger partial charge in [0.2, 0.25) is 5.91 Å². The normalized spacial score (nSPS) is 14.2. The van der Waals surface area contributed by atoms with Gasteiger partial charge < -0.3 is 10.2 Å². The summed E-state index contributed by atoms with van der Waals surface area (Å²) in [5.74, 6) is -0.352. The number of carbonyl (C=O) groups is 1. The summed E-state index contributed by atoms with van der Waals surface area (Å²) in [6.45, 7) is 3.64. The monoisotopic (exact) mass is 252 g/mol. The van der Waals surface area contributed by atoms with Crippen molar-refractivity contribution in [1.29, 1.82) is 0 Å². The number of nitrogens with zero attached hydrogens (tertiary/aromatic N) is 3. The molecular formula is C12H17FN4O. The lowest BCUT2D eigenvalue weighted by Gasteiger charge is -2.30. The molecule has 0 spiro atoms. The minimum Gasteiger partial charge on any atom is -0.358 e. The molecular weight excluding hydrogens is 235 g/mol. The van der Waals surface area contributed by atoms with Gasteiger partial charge in [-0.2, -0.15) is 0 Å². The van der Waals surface area contributed by atoms with Gasteiger partial charge in [-0.05, 0) is 12.8 Å². The van der Waals surface area contributed by atoms with Gasteiger partial charge in [0.25, 0.3) is 0 Å². The van der Waals surface area contributed by atoms with Crippen molar-refractivity contribution >= 4 is 11.7 Å². The molecule has 1 N–H and O–H groups in total. The Bertz CT molecular complexity index is 434. The number of aromatic nitrogens is 2. The van der Waals surface area contributed by atoms with Gasteiger partial charge in [-0.3, -0.25) is 4.79 Å². The molecule has 5 nitrogen and oxygen atoms in total. The second-order valence-corrected chi connectivity index (χ2v) is 4.32. The zero-order valence-electron chi connectivity index (χ0n) is 10.4. The summed E-state index contributed by atoms with van der Waals surface area (Å²) in [6, 6.07) is 0. The van der Waals surface area contributed by atoms with Crippen LogP contribution in [-0.2, 0) is 11.2 Å². The van der Waals surface area contributed by atoms with E-state index in [9.17, 15) is 9.18 Å². The molecule has 98 valence electrons. The van der Waals surface area contributed by atoms with Gasteiger partial charge in [0.1, 0.15) is 6.33 Å². The molecule has 18 heavy (non-hydrogen) atoms. The second kappa shape index (κ2) is 5.75. The number of hydrogen-bond donors (Lipinski definition) is 1. The Labute approximate surface area is 105 Å². The van der Waals surface area contributed by atoms with Crippen LogP contribution in [-0.4, -0.2) is 40.4 Å². The maximum Gasteiger partial charge on any atom is 0.241 e. The quantitative estimate of drug-likeness (QED) is 0.855. The molecule has 2 heterocycles. The molecule has 2 rings (SSSR count).